The average Bonchev–Trinajstić information content (AvgIpc) is 2.16. The van der Waals surface area contributed by atoms with Crippen molar-refractivity contribution in [2.45, 2.75) is 64.3 Å². The van der Waals surface area contributed by atoms with E-state index in [9.17, 15) is 0 Å². The number of nitrogens with one attached hydrogen (secondary N) is 4. The minimum absolute atomic E-state index is 0.0222. The lowest BCUT2D eigenvalue weighted by atomic mass is 10.1. The summed E-state index contributed by atoms with van der Waals surface area (Å²) in [6, 6.07) is 1.02. The van der Waals surface area contributed by atoms with Crippen LogP contribution in [0.3, 0.4) is 0 Å². The molecule has 102 valence electrons. The third-order valence-corrected chi connectivity index (χ3v) is 3.34. The molecule has 0 aromatic heterocycles. The van der Waals surface area contributed by atoms with Crippen molar-refractivity contribution in [1.29, 1.82) is 0 Å². The SMILES string of the molecule is C=CC(C[SiH3])(NNC(C)(C)C)NNC(C)(C)C. The van der Waals surface area contributed by atoms with Crippen LogP contribution in [-0.4, -0.2) is 27.0 Å². The third-order valence-electron chi connectivity index (χ3n) is 2.23. The standard InChI is InChI=1S/C12H30N4Si/c1-8-12(9-17,15-13-10(2,3)4)16-14-11(5,6)7/h8,13-16H,1,9H2,2-7,17H3. The Morgan fingerprint density at radius 3 is 1.41 bits per heavy atom. The summed E-state index contributed by atoms with van der Waals surface area (Å²) in [4.78, 5) is 0. The lowest BCUT2D eigenvalue weighted by Crippen LogP contribution is -2.68. The predicted octanol–water partition coefficient (Wildman–Crippen LogP) is 0.438. The van der Waals surface area contributed by atoms with Crippen LogP contribution in [0.25, 0.3) is 0 Å². The van der Waals surface area contributed by atoms with Crippen LogP contribution in [0.5, 0.6) is 0 Å². The van der Waals surface area contributed by atoms with Crippen molar-refractivity contribution in [1.82, 2.24) is 21.7 Å². The molecular formula is C12H30N4Si. The highest BCUT2D eigenvalue weighted by molar-refractivity contribution is 6.09. The molecule has 0 fully saturated rings. The average molecular weight is 258 g/mol. The van der Waals surface area contributed by atoms with Crippen molar-refractivity contribution in [3.8, 4) is 0 Å². The second-order valence-electron chi connectivity index (χ2n) is 6.53. The second kappa shape index (κ2) is 6.11. The van der Waals surface area contributed by atoms with Crippen LogP contribution in [-0.2, 0) is 0 Å². The third kappa shape index (κ3) is 7.67. The summed E-state index contributed by atoms with van der Waals surface area (Å²) in [5.74, 6) is 0. The Hall–Kier alpha value is -0.203. The van der Waals surface area contributed by atoms with E-state index in [2.05, 4.69) is 69.8 Å². The Bertz CT molecular complexity index is 222. The van der Waals surface area contributed by atoms with E-state index >= 15 is 0 Å². The molecule has 17 heavy (non-hydrogen) atoms. The van der Waals surface area contributed by atoms with E-state index in [0.717, 1.165) is 16.3 Å². The first-order valence-electron chi connectivity index (χ1n) is 6.26. The highest BCUT2D eigenvalue weighted by atomic mass is 28.1. The summed E-state index contributed by atoms with van der Waals surface area (Å²) in [6.07, 6.45) is 1.91. The monoisotopic (exact) mass is 258 g/mol. The van der Waals surface area contributed by atoms with Crippen LogP contribution < -0.4 is 21.7 Å². The zero-order valence-corrected chi connectivity index (χ0v) is 14.5. The number of rotatable bonds is 6. The van der Waals surface area contributed by atoms with Gasteiger partial charge in [-0.1, -0.05) is 12.7 Å². The van der Waals surface area contributed by atoms with Gasteiger partial charge in [0.2, 0.25) is 0 Å². The molecule has 0 aromatic carbocycles. The molecule has 0 bridgehead atoms. The maximum absolute atomic E-state index is 3.92. The largest absolute Gasteiger partial charge is 0.251 e. The van der Waals surface area contributed by atoms with Crippen molar-refractivity contribution in [3.63, 3.8) is 0 Å². The van der Waals surface area contributed by atoms with Crippen molar-refractivity contribution < 1.29 is 0 Å². The van der Waals surface area contributed by atoms with Gasteiger partial charge in [-0.15, -0.1) is 0 Å². The van der Waals surface area contributed by atoms with E-state index in [1.165, 1.54) is 0 Å². The minimum atomic E-state index is -0.299. The summed E-state index contributed by atoms with van der Waals surface area (Å²) in [5, 5.41) is 0. The Morgan fingerprint density at radius 2 is 1.24 bits per heavy atom. The van der Waals surface area contributed by atoms with Gasteiger partial charge in [-0.2, -0.15) is 0 Å². The summed E-state index contributed by atoms with van der Waals surface area (Å²) in [7, 11) is 1.08. The van der Waals surface area contributed by atoms with Gasteiger partial charge < -0.3 is 0 Å². The zero-order chi connectivity index (χ0) is 13.7. The van der Waals surface area contributed by atoms with E-state index in [1.54, 1.807) is 0 Å². The maximum Gasteiger partial charge on any atom is 0.109 e. The predicted molar refractivity (Wildman–Crippen MR) is 79.7 cm³/mol. The van der Waals surface area contributed by atoms with E-state index in [0.29, 0.717) is 0 Å². The number of hydrazine groups is 2. The lowest BCUT2D eigenvalue weighted by Gasteiger charge is -2.38. The maximum atomic E-state index is 3.92. The molecule has 0 aliphatic carbocycles. The zero-order valence-electron chi connectivity index (χ0n) is 12.5. The summed E-state index contributed by atoms with van der Waals surface area (Å²) < 4.78 is 0. The molecule has 0 unspecified atom stereocenters. The molecule has 0 aliphatic heterocycles. The molecule has 0 saturated carbocycles. The first-order valence-corrected chi connectivity index (χ1v) is 7.67. The normalized spacial score (nSPS) is 14.0. The molecule has 0 aromatic rings. The fraction of sp³-hybridized carbons (Fsp3) is 0.833. The molecule has 4 nitrogen and oxygen atoms in total. The lowest BCUT2D eigenvalue weighted by molar-refractivity contribution is 0.198. The van der Waals surface area contributed by atoms with Gasteiger partial charge >= 0.3 is 0 Å². The summed E-state index contributed by atoms with van der Waals surface area (Å²) >= 11 is 0. The molecule has 0 saturated heterocycles. The van der Waals surface area contributed by atoms with Crippen LogP contribution in [0, 0.1) is 0 Å². The van der Waals surface area contributed by atoms with Crippen molar-refractivity contribution >= 4 is 10.2 Å². The Balaban J connectivity index is 4.51. The van der Waals surface area contributed by atoms with Gasteiger partial charge in [-0.05, 0) is 47.6 Å². The fourth-order valence-corrected chi connectivity index (χ4v) is 1.69. The van der Waals surface area contributed by atoms with Crippen LogP contribution in [0.4, 0.5) is 0 Å². The van der Waals surface area contributed by atoms with Crippen LogP contribution in [0.15, 0.2) is 12.7 Å². The first-order chi connectivity index (χ1) is 7.54. The highest BCUT2D eigenvalue weighted by Crippen LogP contribution is 2.08. The molecule has 0 amide bonds. The number of hydrogen-bond acceptors (Lipinski definition) is 4. The van der Waals surface area contributed by atoms with Crippen molar-refractivity contribution in [2.75, 3.05) is 0 Å². The second-order valence-corrected chi connectivity index (χ2v) is 7.24. The number of hydrogen-bond donors (Lipinski definition) is 4. The van der Waals surface area contributed by atoms with E-state index in [1.807, 2.05) is 6.08 Å². The van der Waals surface area contributed by atoms with Gasteiger partial charge in [-0.3, -0.25) is 10.9 Å². The quantitative estimate of drug-likeness (QED) is 0.242. The highest BCUT2D eigenvalue weighted by Gasteiger charge is 2.26. The Morgan fingerprint density at radius 1 is 0.882 bits per heavy atom. The fourth-order valence-electron chi connectivity index (χ4n) is 1.05. The van der Waals surface area contributed by atoms with Gasteiger partial charge in [0.05, 0.1) is 0 Å². The van der Waals surface area contributed by atoms with Crippen molar-refractivity contribution in [2.24, 2.45) is 0 Å². The molecule has 0 aliphatic rings. The van der Waals surface area contributed by atoms with Gasteiger partial charge in [0.1, 0.15) is 5.66 Å². The van der Waals surface area contributed by atoms with E-state index in [-0.39, 0.29) is 16.7 Å². The Labute approximate surface area is 109 Å². The van der Waals surface area contributed by atoms with Crippen molar-refractivity contribution in [3.05, 3.63) is 12.7 Å². The molecule has 4 N–H and O–H groups in total. The molecule has 0 rings (SSSR count). The molecule has 5 heteroatoms. The molecule has 0 heterocycles. The minimum Gasteiger partial charge on any atom is -0.251 e. The Kier molecular flexibility index (Phi) is 6.03. The van der Waals surface area contributed by atoms with Gasteiger partial charge in [0, 0.05) is 21.3 Å². The van der Waals surface area contributed by atoms with Crippen LogP contribution in [0.2, 0.25) is 6.04 Å². The van der Waals surface area contributed by atoms with E-state index < -0.39 is 0 Å². The summed E-state index contributed by atoms with van der Waals surface area (Å²) in [5.41, 5.74) is 13.0. The summed E-state index contributed by atoms with van der Waals surface area (Å²) in [6.45, 7) is 16.7. The topological polar surface area (TPSA) is 48.1 Å². The molecular weight excluding hydrogens is 228 g/mol. The molecule has 0 radical (unpaired) electrons. The van der Waals surface area contributed by atoms with Crippen LogP contribution in [0.1, 0.15) is 41.5 Å². The van der Waals surface area contributed by atoms with Gasteiger partial charge in [0.15, 0.2) is 0 Å². The first kappa shape index (κ1) is 16.8. The van der Waals surface area contributed by atoms with Crippen LogP contribution >= 0.6 is 0 Å². The van der Waals surface area contributed by atoms with Gasteiger partial charge in [0.25, 0.3) is 0 Å². The molecule has 0 atom stereocenters. The molecule has 0 spiro atoms. The smallest absolute Gasteiger partial charge is 0.109 e. The van der Waals surface area contributed by atoms with Gasteiger partial charge in [-0.25, -0.2) is 10.9 Å². The van der Waals surface area contributed by atoms with E-state index in [4.69, 9.17) is 0 Å².